The third kappa shape index (κ3) is 13.7. The number of fused-ring (bicyclic) bond motifs is 1. The van der Waals surface area contributed by atoms with Gasteiger partial charge in [-0.15, -0.1) is 12.4 Å². The molecule has 2 amide bonds. The average Bonchev–Trinajstić information content (AvgIpc) is 3.20. The average molecular weight is 821 g/mol. The topological polar surface area (TPSA) is 143 Å². The summed E-state index contributed by atoms with van der Waals surface area (Å²) in [6.45, 7) is 3.34. The Morgan fingerprint density at radius 2 is 1.44 bits per heavy atom. The number of likely N-dealkylation sites (tertiary alicyclic amines) is 1. The van der Waals surface area contributed by atoms with E-state index in [9.17, 15) is 23.1 Å². The van der Waals surface area contributed by atoms with Crippen LogP contribution in [0, 0.1) is 37.7 Å². The number of amides is 2. The molecule has 4 heterocycles. The zero-order valence-electron chi connectivity index (χ0n) is 30.6. The van der Waals surface area contributed by atoms with Crippen LogP contribution in [-0.2, 0) is 30.4 Å². The predicted octanol–water partition coefficient (Wildman–Crippen LogP) is 6.10. The number of halogens is 1. The van der Waals surface area contributed by atoms with Crippen LogP contribution in [-0.4, -0.2) is 87.4 Å². The monoisotopic (exact) mass is 820 g/mol. The zero-order valence-corrected chi connectivity index (χ0v) is 33.0. The largest absolute Gasteiger partial charge is 0.754 e. The summed E-state index contributed by atoms with van der Waals surface area (Å²) in [6.07, 6.45) is 10.1. The number of hydrogen-bond donors (Lipinski definition) is 2. The molecule has 2 N–H and O–H groups in total. The number of ether oxygens (including phenoxy) is 1. The number of nitrogens with zero attached hydrogens (tertiary/aromatic N) is 3. The van der Waals surface area contributed by atoms with E-state index in [0.717, 1.165) is 44.3 Å². The molecule has 7 rings (SSSR count). The van der Waals surface area contributed by atoms with Gasteiger partial charge in [0.15, 0.2) is 5.71 Å². The van der Waals surface area contributed by atoms with Gasteiger partial charge in [0.2, 0.25) is 5.91 Å². The molecule has 0 aromatic heterocycles. The minimum Gasteiger partial charge on any atom is -0.754 e. The van der Waals surface area contributed by atoms with Crippen molar-refractivity contribution in [3.8, 4) is 0 Å². The van der Waals surface area contributed by atoms with Gasteiger partial charge < -0.3 is 24.4 Å². The van der Waals surface area contributed by atoms with E-state index in [4.69, 9.17) is 4.74 Å². The molecule has 3 aromatic rings. The van der Waals surface area contributed by atoms with Crippen LogP contribution in [0.4, 0.5) is 0 Å². The quantitative estimate of drug-likeness (QED) is 0.0921. The van der Waals surface area contributed by atoms with Crippen LogP contribution in [0.5, 0.6) is 0 Å². The first kappa shape index (κ1) is 48.3. The minimum atomic E-state index is -2.54. The van der Waals surface area contributed by atoms with Gasteiger partial charge in [0.1, 0.15) is 0 Å². The second kappa shape index (κ2) is 25.4. The molecule has 0 spiro atoms. The van der Waals surface area contributed by atoms with Gasteiger partial charge in [0, 0.05) is 75.0 Å². The number of hydrogen-bond acceptors (Lipinski definition) is 8. The van der Waals surface area contributed by atoms with E-state index < -0.39 is 11.3 Å². The Balaban J connectivity index is 0.000000280. The van der Waals surface area contributed by atoms with Crippen molar-refractivity contribution >= 4 is 47.2 Å². The Labute approximate surface area is 365 Å². The summed E-state index contributed by atoms with van der Waals surface area (Å²) < 4.78 is 26.1. The normalized spacial score (nSPS) is 21.2. The fourth-order valence-corrected chi connectivity index (χ4v) is 7.67. The summed E-state index contributed by atoms with van der Waals surface area (Å²) in [5.41, 5.74) is 2.96. The number of hydrazone groups is 1. The summed E-state index contributed by atoms with van der Waals surface area (Å²) in [6, 6.07) is 29.6. The molecule has 55 heavy (non-hydrogen) atoms. The summed E-state index contributed by atoms with van der Waals surface area (Å²) in [7, 11) is 1.46. The SMILES string of the molecule is C.COC(=O)C(c1ccccc1)C1CCCCN1.Cl.O=C(/C(=N\NS(=O)[O-])c1ccccc1)N1CCCCC1.O=C1C(c2ccccc2)C2CCCCN12.[Ar]. The molecule has 0 radical (unpaired) electrons. The maximum absolute atomic E-state index is 12.5. The molecule has 0 bridgehead atoms. The van der Waals surface area contributed by atoms with Crippen molar-refractivity contribution in [1.82, 2.24) is 19.9 Å². The predicted molar refractivity (Wildman–Crippen MR) is 215 cm³/mol. The van der Waals surface area contributed by atoms with Crippen LogP contribution in [0.3, 0.4) is 0 Å². The molecular weight excluding hydrogens is 766 g/mol. The Morgan fingerprint density at radius 1 is 0.855 bits per heavy atom. The maximum atomic E-state index is 12.5. The van der Waals surface area contributed by atoms with Gasteiger partial charge in [0.25, 0.3) is 5.91 Å². The van der Waals surface area contributed by atoms with Gasteiger partial charge in [-0.2, -0.15) is 5.10 Å². The fourth-order valence-electron chi connectivity index (χ4n) is 7.51. The van der Waals surface area contributed by atoms with Gasteiger partial charge in [0.05, 0.1) is 30.2 Å². The number of rotatable bonds is 8. The number of carbonyl (C=O) groups is 3. The molecular formula is C41H55ArClN5O6S-. The number of piperidine rings is 3. The van der Waals surface area contributed by atoms with E-state index in [2.05, 4.69) is 27.5 Å². The van der Waals surface area contributed by atoms with Crippen molar-refractivity contribution in [3.63, 3.8) is 0 Å². The van der Waals surface area contributed by atoms with Crippen LogP contribution in [0.1, 0.15) is 93.7 Å². The molecule has 4 aliphatic heterocycles. The molecule has 14 heteroatoms. The molecule has 0 aliphatic carbocycles. The second-order valence-electron chi connectivity index (χ2n) is 13.5. The molecule has 3 aromatic carbocycles. The van der Waals surface area contributed by atoms with Crippen molar-refractivity contribution < 1.29 is 65.6 Å². The number of carbonyl (C=O) groups excluding carboxylic acids is 3. The van der Waals surface area contributed by atoms with E-state index >= 15 is 0 Å². The number of methoxy groups -OCH3 is 1. The van der Waals surface area contributed by atoms with E-state index in [1.54, 1.807) is 29.2 Å². The van der Waals surface area contributed by atoms with Crippen LogP contribution >= 0.6 is 12.4 Å². The Morgan fingerprint density at radius 3 is 2.02 bits per heavy atom. The van der Waals surface area contributed by atoms with Gasteiger partial charge in [-0.3, -0.25) is 18.6 Å². The molecule has 4 fully saturated rings. The molecule has 4 saturated heterocycles. The van der Waals surface area contributed by atoms with Crippen molar-refractivity contribution in [3.05, 3.63) is 108 Å². The van der Waals surface area contributed by atoms with Crippen molar-refractivity contribution in [2.75, 3.05) is 33.3 Å². The number of esters is 1. The van der Waals surface area contributed by atoms with Crippen molar-refractivity contribution in [2.45, 2.75) is 89.1 Å². The standard InChI is InChI=1S/C14H19NO2.C13H17N3O3S.C13H15NO.CH4.Ar.ClH/c1-17-14(16)13(11-7-3-2-4-8-11)12-9-5-6-10-15-12;17-13(16-9-5-2-6-10-16)12(14-15-20(18)19)11-7-3-1-4-8-11;15-13-12(10-6-2-1-3-7-10)11-8-4-5-9-14(11)13;;;/h2-4,7-8,12-13,15H,5-6,9-10H2,1H3;1,3-4,7-8,15H,2,5-6,9-10H2,(H,18,19);1-3,6-7,11-12H,4-5,8-9H2;1H4;;1H/p-1/b;14-12-;;;;. The van der Waals surface area contributed by atoms with Crippen LogP contribution in [0.25, 0.3) is 0 Å². The van der Waals surface area contributed by atoms with Gasteiger partial charge in [-0.1, -0.05) is 105 Å². The van der Waals surface area contributed by atoms with E-state index in [-0.39, 0.29) is 93.0 Å². The number of β-lactam (4-membered cyclic amide) rings is 1. The summed E-state index contributed by atoms with van der Waals surface area (Å²) in [5, 5.41) is 7.16. The third-order valence-electron chi connectivity index (χ3n) is 10.1. The van der Waals surface area contributed by atoms with Crippen LogP contribution in [0.2, 0.25) is 0 Å². The second-order valence-corrected chi connectivity index (χ2v) is 14.1. The van der Waals surface area contributed by atoms with Gasteiger partial charge in [-0.05, 0) is 69.0 Å². The summed E-state index contributed by atoms with van der Waals surface area (Å²) in [5.74, 6) is -0.0663. The molecule has 0 saturated carbocycles. The first-order valence-corrected chi connectivity index (χ1v) is 19.5. The molecule has 302 valence electrons. The molecule has 4 aliphatic rings. The maximum Gasteiger partial charge on any atom is 0.314 e. The Hall–Kier alpha value is -2.84. The van der Waals surface area contributed by atoms with E-state index in [1.165, 1.54) is 44.8 Å². The number of benzene rings is 3. The van der Waals surface area contributed by atoms with E-state index in [0.29, 0.717) is 30.6 Å². The smallest absolute Gasteiger partial charge is 0.314 e. The third-order valence-corrected chi connectivity index (χ3v) is 10.4. The molecule has 5 unspecified atom stereocenters. The van der Waals surface area contributed by atoms with Crippen molar-refractivity contribution in [1.29, 1.82) is 0 Å². The fraction of sp³-hybridized carbons (Fsp3) is 0.463. The van der Waals surface area contributed by atoms with Gasteiger partial charge >= 0.3 is 5.97 Å². The molecule has 5 atom stereocenters. The van der Waals surface area contributed by atoms with Crippen LogP contribution < -0.4 is 10.1 Å². The van der Waals surface area contributed by atoms with Crippen molar-refractivity contribution in [2.24, 2.45) is 5.10 Å². The van der Waals surface area contributed by atoms with Gasteiger partial charge in [-0.25, -0.2) is 4.83 Å². The van der Waals surface area contributed by atoms with Crippen LogP contribution in [0.15, 0.2) is 96.1 Å². The number of nitrogens with one attached hydrogen (secondary N) is 2. The minimum absolute atomic E-state index is 0. The van der Waals surface area contributed by atoms with E-state index in [1.807, 2.05) is 59.4 Å². The first-order valence-electron chi connectivity index (χ1n) is 18.4. The summed E-state index contributed by atoms with van der Waals surface area (Å²) >= 11 is -2.54. The zero-order chi connectivity index (χ0) is 36.7. The Bertz CT molecular complexity index is 1650. The summed E-state index contributed by atoms with van der Waals surface area (Å²) in [4.78, 5) is 42.0. The molecule has 11 nitrogen and oxygen atoms in total. The Kier molecular flexibility index (Phi) is 22.3. The first-order chi connectivity index (χ1) is 25.4.